The standard InChI is InChI=1S/C20H17N3O3S/c24-20(18-11-17(18)14-5-4-10-21-12-14)23-19-9-8-16(13-22-19)27(25,26)15-6-2-1-3-7-15/h1-10,12-13,17-18H,11H2,(H,22,23,24)/t17-,18+/m1/s1. The largest absolute Gasteiger partial charge is 0.310 e. The van der Waals surface area contributed by atoms with Gasteiger partial charge < -0.3 is 5.32 Å². The van der Waals surface area contributed by atoms with Crippen LogP contribution in [0, 0.1) is 5.92 Å². The monoisotopic (exact) mass is 379 g/mol. The summed E-state index contributed by atoms with van der Waals surface area (Å²) in [6.45, 7) is 0. The Labute approximate surface area is 157 Å². The van der Waals surface area contributed by atoms with Crippen molar-refractivity contribution >= 4 is 21.6 Å². The van der Waals surface area contributed by atoms with Crippen molar-refractivity contribution in [2.24, 2.45) is 5.92 Å². The summed E-state index contributed by atoms with van der Waals surface area (Å²) < 4.78 is 25.1. The van der Waals surface area contributed by atoms with Crippen LogP contribution in [0.5, 0.6) is 0 Å². The predicted molar refractivity (Wildman–Crippen MR) is 99.8 cm³/mol. The summed E-state index contributed by atoms with van der Waals surface area (Å²) in [6.07, 6.45) is 5.52. The van der Waals surface area contributed by atoms with E-state index < -0.39 is 9.84 Å². The summed E-state index contributed by atoms with van der Waals surface area (Å²) in [7, 11) is -3.62. The minimum atomic E-state index is -3.62. The fraction of sp³-hybridized carbons (Fsp3) is 0.150. The van der Waals surface area contributed by atoms with E-state index in [1.165, 1.54) is 30.5 Å². The molecule has 0 bridgehead atoms. The lowest BCUT2D eigenvalue weighted by Crippen LogP contribution is -2.15. The maximum Gasteiger partial charge on any atom is 0.229 e. The summed E-state index contributed by atoms with van der Waals surface area (Å²) in [6, 6.07) is 15.0. The van der Waals surface area contributed by atoms with Gasteiger partial charge in [0, 0.05) is 24.5 Å². The Balaban J connectivity index is 1.44. The van der Waals surface area contributed by atoms with Crippen LogP contribution < -0.4 is 5.32 Å². The average molecular weight is 379 g/mol. The van der Waals surface area contributed by atoms with Gasteiger partial charge in [-0.25, -0.2) is 13.4 Å². The summed E-state index contributed by atoms with van der Waals surface area (Å²) in [5.74, 6) is 0.291. The molecule has 0 aliphatic heterocycles. The molecule has 4 rings (SSSR count). The number of hydrogen-bond acceptors (Lipinski definition) is 5. The molecule has 0 spiro atoms. The van der Waals surface area contributed by atoms with E-state index >= 15 is 0 Å². The zero-order valence-corrected chi connectivity index (χ0v) is 15.1. The summed E-state index contributed by atoms with van der Waals surface area (Å²) in [5, 5.41) is 2.76. The van der Waals surface area contributed by atoms with Gasteiger partial charge in [-0.05, 0) is 48.2 Å². The number of rotatable bonds is 5. The Hall–Kier alpha value is -3.06. The molecule has 3 aromatic rings. The van der Waals surface area contributed by atoms with Crippen LogP contribution in [0.4, 0.5) is 5.82 Å². The average Bonchev–Trinajstić information content (AvgIpc) is 3.51. The van der Waals surface area contributed by atoms with Crippen molar-refractivity contribution in [2.75, 3.05) is 5.32 Å². The highest BCUT2D eigenvalue weighted by Gasteiger charge is 2.44. The van der Waals surface area contributed by atoms with E-state index in [4.69, 9.17) is 0 Å². The molecule has 0 radical (unpaired) electrons. The van der Waals surface area contributed by atoms with Gasteiger partial charge in [0.15, 0.2) is 0 Å². The lowest BCUT2D eigenvalue weighted by atomic mass is 10.1. The molecule has 2 atom stereocenters. The van der Waals surface area contributed by atoms with E-state index in [9.17, 15) is 13.2 Å². The highest BCUT2D eigenvalue weighted by Crippen LogP contribution is 2.47. The van der Waals surface area contributed by atoms with Crippen molar-refractivity contribution in [3.63, 3.8) is 0 Å². The number of aromatic nitrogens is 2. The van der Waals surface area contributed by atoms with Gasteiger partial charge in [-0.15, -0.1) is 0 Å². The maximum atomic E-state index is 12.6. The smallest absolute Gasteiger partial charge is 0.229 e. The van der Waals surface area contributed by atoms with Gasteiger partial charge in [0.05, 0.1) is 9.79 Å². The molecule has 0 unspecified atom stereocenters. The van der Waals surface area contributed by atoms with Gasteiger partial charge in [0.1, 0.15) is 5.82 Å². The van der Waals surface area contributed by atoms with Crippen LogP contribution in [-0.4, -0.2) is 24.3 Å². The van der Waals surface area contributed by atoms with Crippen LogP contribution in [0.25, 0.3) is 0 Å². The van der Waals surface area contributed by atoms with E-state index in [2.05, 4.69) is 15.3 Å². The molecule has 1 aromatic carbocycles. The Kier molecular flexibility index (Phi) is 4.45. The highest BCUT2D eigenvalue weighted by molar-refractivity contribution is 7.91. The molecular formula is C20H17N3O3S. The van der Waals surface area contributed by atoms with Crippen molar-refractivity contribution in [3.05, 3.63) is 78.8 Å². The number of carbonyl (C=O) groups is 1. The normalized spacial score (nSPS) is 18.7. The van der Waals surface area contributed by atoms with Crippen molar-refractivity contribution in [1.29, 1.82) is 0 Å². The van der Waals surface area contributed by atoms with Crippen LogP contribution in [-0.2, 0) is 14.6 Å². The molecule has 1 fully saturated rings. The minimum absolute atomic E-state index is 0.0892. The van der Waals surface area contributed by atoms with E-state index in [1.54, 1.807) is 30.6 Å². The molecule has 27 heavy (non-hydrogen) atoms. The first-order valence-electron chi connectivity index (χ1n) is 8.53. The fourth-order valence-corrected chi connectivity index (χ4v) is 4.24. The van der Waals surface area contributed by atoms with Crippen LogP contribution in [0.3, 0.4) is 0 Å². The Morgan fingerprint density at radius 1 is 0.963 bits per heavy atom. The van der Waals surface area contributed by atoms with Crippen molar-refractivity contribution in [3.8, 4) is 0 Å². The summed E-state index contributed by atoms with van der Waals surface area (Å²) in [5.41, 5.74) is 1.05. The van der Waals surface area contributed by atoms with Crippen LogP contribution in [0.2, 0.25) is 0 Å². The molecule has 1 aliphatic carbocycles. The zero-order valence-electron chi connectivity index (χ0n) is 14.3. The van der Waals surface area contributed by atoms with Gasteiger partial charge in [0.25, 0.3) is 0 Å². The van der Waals surface area contributed by atoms with Gasteiger partial charge in [-0.3, -0.25) is 9.78 Å². The Morgan fingerprint density at radius 3 is 2.44 bits per heavy atom. The molecule has 1 amide bonds. The number of hydrogen-bond donors (Lipinski definition) is 1. The third kappa shape index (κ3) is 3.59. The summed E-state index contributed by atoms with van der Waals surface area (Å²) in [4.78, 5) is 20.8. The maximum absolute atomic E-state index is 12.6. The third-order valence-corrected chi connectivity index (χ3v) is 6.35. The first-order valence-corrected chi connectivity index (χ1v) is 10.0. The zero-order chi connectivity index (χ0) is 18.9. The molecule has 7 heteroatoms. The van der Waals surface area contributed by atoms with E-state index in [1.807, 2.05) is 12.1 Å². The predicted octanol–water partition coefficient (Wildman–Crippen LogP) is 3.05. The second-order valence-corrected chi connectivity index (χ2v) is 8.37. The van der Waals surface area contributed by atoms with Crippen molar-refractivity contribution < 1.29 is 13.2 Å². The highest BCUT2D eigenvalue weighted by atomic mass is 32.2. The van der Waals surface area contributed by atoms with Gasteiger partial charge >= 0.3 is 0 Å². The second kappa shape index (κ2) is 6.92. The Morgan fingerprint density at radius 2 is 1.78 bits per heavy atom. The summed E-state index contributed by atoms with van der Waals surface area (Å²) >= 11 is 0. The topological polar surface area (TPSA) is 89.0 Å². The van der Waals surface area contributed by atoms with Crippen molar-refractivity contribution in [1.82, 2.24) is 9.97 Å². The number of carbonyl (C=O) groups excluding carboxylic acids is 1. The molecule has 1 aliphatic rings. The SMILES string of the molecule is O=C(Nc1ccc(S(=O)(=O)c2ccccc2)cn1)[C@H]1C[C@@H]1c1cccnc1. The number of sulfone groups is 1. The second-order valence-electron chi connectivity index (χ2n) is 6.42. The number of amides is 1. The number of benzene rings is 1. The van der Waals surface area contributed by atoms with Gasteiger partial charge in [0.2, 0.25) is 15.7 Å². The van der Waals surface area contributed by atoms with Crippen LogP contribution >= 0.6 is 0 Å². The quantitative estimate of drug-likeness (QED) is 0.736. The first kappa shape index (κ1) is 17.4. The van der Waals surface area contributed by atoms with E-state index in [0.29, 0.717) is 5.82 Å². The lowest BCUT2D eigenvalue weighted by Gasteiger charge is -2.07. The third-order valence-electron chi connectivity index (χ3n) is 4.59. The number of anilines is 1. The van der Waals surface area contributed by atoms with Crippen LogP contribution in [0.1, 0.15) is 17.9 Å². The van der Waals surface area contributed by atoms with Gasteiger partial charge in [-0.2, -0.15) is 0 Å². The molecule has 0 saturated heterocycles. The molecule has 136 valence electrons. The van der Waals surface area contributed by atoms with E-state index in [0.717, 1.165) is 12.0 Å². The fourth-order valence-electron chi connectivity index (χ4n) is 3.02. The minimum Gasteiger partial charge on any atom is -0.310 e. The number of nitrogens with one attached hydrogen (secondary N) is 1. The lowest BCUT2D eigenvalue weighted by molar-refractivity contribution is -0.117. The van der Waals surface area contributed by atoms with Crippen molar-refractivity contribution in [2.45, 2.75) is 22.1 Å². The molecule has 1 N–H and O–H groups in total. The molecular weight excluding hydrogens is 362 g/mol. The van der Waals surface area contributed by atoms with E-state index in [-0.39, 0.29) is 27.5 Å². The molecule has 2 aromatic heterocycles. The molecule has 2 heterocycles. The number of pyridine rings is 2. The Bertz CT molecular complexity index is 1050. The molecule has 6 nitrogen and oxygen atoms in total. The van der Waals surface area contributed by atoms with Crippen LogP contribution in [0.15, 0.2) is 83.0 Å². The first-order chi connectivity index (χ1) is 13.1. The number of nitrogens with zero attached hydrogens (tertiary/aromatic N) is 2. The van der Waals surface area contributed by atoms with Gasteiger partial charge in [-0.1, -0.05) is 24.3 Å². The molecule has 1 saturated carbocycles.